The monoisotopic (exact) mass is 370 g/mol. The van der Waals surface area contributed by atoms with Crippen molar-refractivity contribution in [3.05, 3.63) is 47.8 Å². The number of nitrogens with one attached hydrogen (secondary N) is 2. The first kappa shape index (κ1) is 18.6. The molecule has 3 rings (SSSR count). The van der Waals surface area contributed by atoms with Gasteiger partial charge in [-0.3, -0.25) is 19.1 Å². The first-order chi connectivity index (χ1) is 13.0. The van der Waals surface area contributed by atoms with Gasteiger partial charge in [-0.25, -0.2) is 0 Å². The molecular formula is C19H22N4O4. The van der Waals surface area contributed by atoms with Crippen LogP contribution in [0.3, 0.4) is 0 Å². The van der Waals surface area contributed by atoms with Crippen LogP contribution in [0, 0.1) is 0 Å². The number of aromatic nitrogens is 2. The van der Waals surface area contributed by atoms with E-state index >= 15 is 0 Å². The fraction of sp³-hybridized carbons (Fsp3) is 0.368. The van der Waals surface area contributed by atoms with E-state index < -0.39 is 12.5 Å². The van der Waals surface area contributed by atoms with Gasteiger partial charge in [-0.15, -0.1) is 0 Å². The Kier molecular flexibility index (Phi) is 5.85. The molecule has 0 spiro atoms. The van der Waals surface area contributed by atoms with Crippen molar-refractivity contribution in [2.75, 3.05) is 11.9 Å². The van der Waals surface area contributed by atoms with E-state index in [4.69, 9.17) is 5.11 Å². The van der Waals surface area contributed by atoms with Gasteiger partial charge in [0.1, 0.15) is 6.54 Å². The molecule has 0 atom stereocenters. The van der Waals surface area contributed by atoms with E-state index in [0.29, 0.717) is 17.4 Å². The lowest BCUT2D eigenvalue weighted by molar-refractivity contribution is -0.137. The summed E-state index contributed by atoms with van der Waals surface area (Å²) in [5.74, 6) is -1.73. The van der Waals surface area contributed by atoms with Gasteiger partial charge in [0, 0.05) is 11.9 Å². The summed E-state index contributed by atoms with van der Waals surface area (Å²) < 4.78 is 1.88. The molecule has 3 N–H and O–H groups in total. The number of rotatable bonds is 7. The normalized spacial score (nSPS) is 14.1. The highest BCUT2D eigenvalue weighted by molar-refractivity contribution is 6.02. The Morgan fingerprint density at radius 2 is 1.81 bits per heavy atom. The molecule has 1 fully saturated rings. The van der Waals surface area contributed by atoms with E-state index in [1.807, 2.05) is 10.9 Å². The molecule has 0 saturated heterocycles. The predicted octanol–water partition coefficient (Wildman–Crippen LogP) is 1.99. The van der Waals surface area contributed by atoms with Crippen LogP contribution in [0.15, 0.2) is 36.5 Å². The second-order valence-corrected chi connectivity index (χ2v) is 6.62. The summed E-state index contributed by atoms with van der Waals surface area (Å²) in [5, 5.41) is 18.0. The van der Waals surface area contributed by atoms with Crippen molar-refractivity contribution in [2.45, 2.75) is 38.1 Å². The van der Waals surface area contributed by atoms with Crippen molar-refractivity contribution in [3.63, 3.8) is 0 Å². The standard InChI is InChI=1S/C19H22N4O4/c24-17(20-12-18(25)26)11-13-5-7-14(8-6-13)21-19(27)16-9-10-23(22-16)15-3-1-2-4-15/h5-10,15H,1-4,11-12H2,(H,20,24)(H,21,27)(H,25,26). The number of hydrogen-bond acceptors (Lipinski definition) is 4. The quantitative estimate of drug-likeness (QED) is 0.690. The van der Waals surface area contributed by atoms with Gasteiger partial charge in [0.05, 0.1) is 12.5 Å². The first-order valence-electron chi connectivity index (χ1n) is 8.95. The molecule has 8 heteroatoms. The molecule has 2 amide bonds. The average molecular weight is 370 g/mol. The molecule has 1 heterocycles. The number of nitrogens with zero attached hydrogens (tertiary/aromatic N) is 2. The lowest BCUT2D eigenvalue weighted by atomic mass is 10.1. The maximum absolute atomic E-state index is 12.3. The summed E-state index contributed by atoms with van der Waals surface area (Å²) in [5.41, 5.74) is 1.70. The van der Waals surface area contributed by atoms with Crippen LogP contribution in [0.1, 0.15) is 47.8 Å². The molecule has 0 bridgehead atoms. The van der Waals surface area contributed by atoms with Gasteiger partial charge in [-0.2, -0.15) is 5.10 Å². The van der Waals surface area contributed by atoms with Crippen LogP contribution in [-0.4, -0.2) is 39.2 Å². The smallest absolute Gasteiger partial charge is 0.322 e. The second kappa shape index (κ2) is 8.48. The number of hydrogen-bond donors (Lipinski definition) is 3. The molecule has 0 unspecified atom stereocenters. The number of carbonyl (C=O) groups excluding carboxylic acids is 2. The number of anilines is 1. The summed E-state index contributed by atoms with van der Waals surface area (Å²) in [4.78, 5) is 34.4. The van der Waals surface area contributed by atoms with Crippen molar-refractivity contribution in [1.29, 1.82) is 0 Å². The molecule has 142 valence electrons. The van der Waals surface area contributed by atoms with E-state index in [1.165, 1.54) is 12.8 Å². The van der Waals surface area contributed by atoms with Gasteiger partial charge < -0.3 is 15.7 Å². The minimum Gasteiger partial charge on any atom is -0.480 e. The summed E-state index contributed by atoms with van der Waals surface area (Å²) in [6, 6.07) is 8.94. The zero-order chi connectivity index (χ0) is 19.2. The van der Waals surface area contributed by atoms with Gasteiger partial charge in [-0.1, -0.05) is 25.0 Å². The van der Waals surface area contributed by atoms with Crippen LogP contribution in [0.5, 0.6) is 0 Å². The number of carbonyl (C=O) groups is 3. The van der Waals surface area contributed by atoms with Crippen LogP contribution in [0.2, 0.25) is 0 Å². The molecule has 1 aliphatic carbocycles. The van der Waals surface area contributed by atoms with Gasteiger partial charge in [0.15, 0.2) is 5.69 Å². The number of benzene rings is 1. The Balaban J connectivity index is 1.54. The Hall–Kier alpha value is -3.16. The Bertz CT molecular complexity index is 822. The second-order valence-electron chi connectivity index (χ2n) is 6.62. The van der Waals surface area contributed by atoms with Gasteiger partial charge in [-0.05, 0) is 36.6 Å². The molecule has 2 aromatic rings. The van der Waals surface area contributed by atoms with Crippen LogP contribution in [-0.2, 0) is 16.0 Å². The topological polar surface area (TPSA) is 113 Å². The highest BCUT2D eigenvalue weighted by atomic mass is 16.4. The maximum Gasteiger partial charge on any atom is 0.322 e. The van der Waals surface area contributed by atoms with Crippen molar-refractivity contribution in [3.8, 4) is 0 Å². The van der Waals surface area contributed by atoms with E-state index in [0.717, 1.165) is 18.4 Å². The van der Waals surface area contributed by atoms with Gasteiger partial charge >= 0.3 is 5.97 Å². The number of amides is 2. The lowest BCUT2D eigenvalue weighted by Crippen LogP contribution is -2.30. The summed E-state index contributed by atoms with van der Waals surface area (Å²) in [6.07, 6.45) is 6.53. The zero-order valence-electron chi connectivity index (χ0n) is 14.9. The molecule has 0 aliphatic heterocycles. The zero-order valence-corrected chi connectivity index (χ0v) is 14.9. The summed E-state index contributed by atoms with van der Waals surface area (Å²) in [7, 11) is 0. The van der Waals surface area contributed by atoms with Crippen molar-refractivity contribution in [1.82, 2.24) is 15.1 Å². The summed E-state index contributed by atoms with van der Waals surface area (Å²) in [6.45, 7) is -0.402. The highest BCUT2D eigenvalue weighted by Crippen LogP contribution is 2.28. The molecular weight excluding hydrogens is 348 g/mol. The maximum atomic E-state index is 12.3. The van der Waals surface area contributed by atoms with Crippen molar-refractivity contribution < 1.29 is 19.5 Å². The van der Waals surface area contributed by atoms with Gasteiger partial charge in [0.2, 0.25) is 5.91 Å². The molecule has 1 aromatic heterocycles. The highest BCUT2D eigenvalue weighted by Gasteiger charge is 2.19. The number of carboxylic acid groups (broad SMARTS) is 1. The fourth-order valence-electron chi connectivity index (χ4n) is 3.15. The fourth-order valence-corrected chi connectivity index (χ4v) is 3.15. The minimum atomic E-state index is -1.09. The molecule has 1 aliphatic rings. The number of aliphatic carboxylic acids is 1. The van der Waals surface area contributed by atoms with E-state index in [1.54, 1.807) is 30.3 Å². The average Bonchev–Trinajstić information content (AvgIpc) is 3.33. The molecule has 1 saturated carbocycles. The first-order valence-corrected chi connectivity index (χ1v) is 8.95. The van der Waals surface area contributed by atoms with Crippen LogP contribution >= 0.6 is 0 Å². The van der Waals surface area contributed by atoms with Crippen molar-refractivity contribution in [2.24, 2.45) is 0 Å². The van der Waals surface area contributed by atoms with Crippen LogP contribution < -0.4 is 10.6 Å². The third kappa shape index (κ3) is 5.16. The molecule has 0 radical (unpaired) electrons. The van der Waals surface area contributed by atoms with Gasteiger partial charge in [0.25, 0.3) is 5.91 Å². The molecule has 27 heavy (non-hydrogen) atoms. The van der Waals surface area contributed by atoms with Crippen LogP contribution in [0.25, 0.3) is 0 Å². The minimum absolute atomic E-state index is 0.0767. The lowest BCUT2D eigenvalue weighted by Gasteiger charge is -2.09. The third-order valence-corrected chi connectivity index (χ3v) is 4.55. The Morgan fingerprint density at radius 3 is 2.48 bits per heavy atom. The van der Waals surface area contributed by atoms with E-state index in [2.05, 4.69) is 15.7 Å². The largest absolute Gasteiger partial charge is 0.480 e. The Morgan fingerprint density at radius 1 is 1.11 bits per heavy atom. The molecule has 1 aromatic carbocycles. The van der Waals surface area contributed by atoms with Crippen molar-refractivity contribution >= 4 is 23.5 Å². The van der Waals surface area contributed by atoms with E-state index in [-0.39, 0.29) is 18.2 Å². The Labute approximate surface area is 156 Å². The summed E-state index contributed by atoms with van der Waals surface area (Å²) >= 11 is 0. The van der Waals surface area contributed by atoms with E-state index in [9.17, 15) is 14.4 Å². The molecule has 8 nitrogen and oxygen atoms in total. The van der Waals surface area contributed by atoms with Crippen LogP contribution in [0.4, 0.5) is 5.69 Å². The third-order valence-electron chi connectivity index (χ3n) is 4.55. The predicted molar refractivity (Wildman–Crippen MR) is 98.5 cm³/mol. The number of carboxylic acids is 1. The SMILES string of the molecule is O=C(O)CNC(=O)Cc1ccc(NC(=O)c2ccn(C3CCCC3)n2)cc1.